The van der Waals surface area contributed by atoms with Crippen LogP contribution in [0.25, 0.3) is 10.9 Å². The molecule has 0 aliphatic carbocycles. The van der Waals surface area contributed by atoms with Crippen molar-refractivity contribution in [2.45, 2.75) is 18.5 Å². The highest BCUT2D eigenvalue weighted by Crippen LogP contribution is 2.41. The summed E-state index contributed by atoms with van der Waals surface area (Å²) in [4.78, 5) is 30.0. The van der Waals surface area contributed by atoms with E-state index in [0.717, 1.165) is 21.4 Å². The number of hydrogen-bond acceptors (Lipinski definition) is 3. The van der Waals surface area contributed by atoms with E-state index in [1.54, 1.807) is 30.3 Å². The van der Waals surface area contributed by atoms with Gasteiger partial charge in [0.25, 0.3) is 5.91 Å². The van der Waals surface area contributed by atoms with Crippen LogP contribution < -0.4 is 4.74 Å². The van der Waals surface area contributed by atoms with Crippen LogP contribution in [0.5, 0.6) is 5.75 Å². The maximum Gasteiger partial charge on any atom is 0.326 e. The third-order valence-electron chi connectivity index (χ3n) is 6.23. The SMILES string of the molecule is O=C(O)[C@@H]1Cc2c([nH]c3ccccc23)C(c2ccccc2)N1C(=O)COc1c(F)c(F)cc(F)c1F. The lowest BCUT2D eigenvalue weighted by Crippen LogP contribution is -2.52. The molecular weight excluding hydrogens is 480 g/mol. The molecule has 184 valence electrons. The minimum atomic E-state index is -1.80. The molecule has 2 atom stereocenters. The number of carboxylic acid groups (broad SMARTS) is 1. The van der Waals surface area contributed by atoms with Crippen LogP contribution in [0, 0.1) is 23.3 Å². The van der Waals surface area contributed by atoms with Crippen molar-refractivity contribution in [3.63, 3.8) is 0 Å². The van der Waals surface area contributed by atoms with Gasteiger partial charge in [0.05, 0.1) is 6.04 Å². The van der Waals surface area contributed by atoms with Gasteiger partial charge in [0.2, 0.25) is 11.6 Å². The summed E-state index contributed by atoms with van der Waals surface area (Å²) < 4.78 is 60.2. The summed E-state index contributed by atoms with van der Waals surface area (Å²) in [5.41, 5.74) is 2.64. The van der Waals surface area contributed by atoms with E-state index >= 15 is 0 Å². The number of nitrogens with one attached hydrogen (secondary N) is 1. The Labute approximate surface area is 201 Å². The monoisotopic (exact) mass is 498 g/mol. The maximum absolute atomic E-state index is 14.1. The smallest absolute Gasteiger partial charge is 0.326 e. The molecule has 1 aliphatic heterocycles. The second kappa shape index (κ2) is 9.03. The molecule has 2 N–H and O–H groups in total. The first-order valence-electron chi connectivity index (χ1n) is 10.9. The van der Waals surface area contributed by atoms with E-state index in [9.17, 15) is 32.3 Å². The topological polar surface area (TPSA) is 82.6 Å². The predicted molar refractivity (Wildman–Crippen MR) is 120 cm³/mol. The second-order valence-corrected chi connectivity index (χ2v) is 8.32. The lowest BCUT2D eigenvalue weighted by molar-refractivity contribution is -0.153. The molecule has 2 heterocycles. The number of halogens is 4. The second-order valence-electron chi connectivity index (χ2n) is 8.32. The number of benzene rings is 3. The summed E-state index contributed by atoms with van der Waals surface area (Å²) >= 11 is 0. The number of carboxylic acids is 1. The highest BCUT2D eigenvalue weighted by molar-refractivity contribution is 5.90. The largest absolute Gasteiger partial charge is 0.480 e. The molecule has 4 aromatic rings. The van der Waals surface area contributed by atoms with Gasteiger partial charge in [-0.05, 0) is 17.2 Å². The number of ether oxygens (including phenoxy) is 1. The Balaban J connectivity index is 1.59. The number of H-pyrrole nitrogens is 1. The van der Waals surface area contributed by atoms with E-state index in [1.807, 2.05) is 24.3 Å². The first kappa shape index (κ1) is 23.4. The zero-order valence-corrected chi connectivity index (χ0v) is 18.5. The van der Waals surface area contributed by atoms with Crippen LogP contribution in [0.4, 0.5) is 17.6 Å². The van der Waals surface area contributed by atoms with Gasteiger partial charge in [-0.25, -0.2) is 13.6 Å². The number of amides is 1. The fraction of sp³-hybridized carbons (Fsp3) is 0.154. The molecule has 0 saturated carbocycles. The van der Waals surface area contributed by atoms with Gasteiger partial charge in [0.15, 0.2) is 24.0 Å². The first-order chi connectivity index (χ1) is 17.3. The Morgan fingerprint density at radius 3 is 2.28 bits per heavy atom. The van der Waals surface area contributed by atoms with Gasteiger partial charge >= 0.3 is 5.97 Å². The van der Waals surface area contributed by atoms with Gasteiger partial charge in [-0.15, -0.1) is 0 Å². The molecule has 1 amide bonds. The fourth-order valence-electron chi connectivity index (χ4n) is 4.66. The Morgan fingerprint density at radius 1 is 0.972 bits per heavy atom. The standard InChI is InChI=1S/C26H18F4N2O4/c27-16-11-17(28)22(30)25(21(16)29)36-12-20(33)32-19(26(34)35)10-15-14-8-4-5-9-18(14)31-23(15)24(32)13-6-2-1-3-7-13/h1-9,11,19,24,31H,10,12H2,(H,34,35)/t19-,24?/m0/s1. The van der Waals surface area contributed by atoms with Crippen molar-refractivity contribution in [2.24, 2.45) is 0 Å². The summed E-state index contributed by atoms with van der Waals surface area (Å²) in [7, 11) is 0. The molecular formula is C26H18F4N2O4. The molecule has 0 fully saturated rings. The lowest BCUT2D eigenvalue weighted by atomic mass is 9.88. The van der Waals surface area contributed by atoms with Crippen molar-refractivity contribution in [1.29, 1.82) is 0 Å². The van der Waals surface area contributed by atoms with Gasteiger partial charge in [0, 0.05) is 29.1 Å². The van der Waals surface area contributed by atoms with Gasteiger partial charge in [-0.3, -0.25) is 4.79 Å². The molecule has 1 unspecified atom stereocenters. The van der Waals surface area contributed by atoms with Crippen LogP contribution in [-0.4, -0.2) is 39.5 Å². The van der Waals surface area contributed by atoms with Gasteiger partial charge in [0.1, 0.15) is 6.04 Å². The number of aliphatic carboxylic acids is 1. The first-order valence-corrected chi connectivity index (χ1v) is 10.9. The summed E-state index contributed by atoms with van der Waals surface area (Å²) in [6.07, 6.45) is -0.0406. The van der Waals surface area contributed by atoms with Crippen LogP contribution in [0.1, 0.15) is 22.9 Å². The zero-order valence-electron chi connectivity index (χ0n) is 18.5. The molecule has 3 aromatic carbocycles. The van der Waals surface area contributed by atoms with E-state index in [2.05, 4.69) is 4.98 Å². The number of hydrogen-bond donors (Lipinski definition) is 2. The zero-order chi connectivity index (χ0) is 25.6. The summed E-state index contributed by atoms with van der Waals surface area (Å²) in [5.74, 6) is -10.6. The molecule has 0 saturated heterocycles. The van der Waals surface area contributed by atoms with Crippen LogP contribution in [0.2, 0.25) is 0 Å². The predicted octanol–water partition coefficient (Wildman–Crippen LogP) is 4.73. The number of aromatic nitrogens is 1. The molecule has 6 nitrogen and oxygen atoms in total. The number of para-hydroxylation sites is 1. The molecule has 10 heteroatoms. The minimum absolute atomic E-state index is 0.0211. The summed E-state index contributed by atoms with van der Waals surface area (Å²) in [6, 6.07) is 13.7. The third-order valence-corrected chi connectivity index (χ3v) is 6.23. The molecule has 5 rings (SSSR count). The van der Waals surface area contributed by atoms with Crippen LogP contribution >= 0.6 is 0 Å². The molecule has 1 aromatic heterocycles. The Bertz CT molecular complexity index is 1460. The molecule has 36 heavy (non-hydrogen) atoms. The Morgan fingerprint density at radius 2 is 1.61 bits per heavy atom. The van der Waals surface area contributed by atoms with Gasteiger partial charge in [-0.1, -0.05) is 48.5 Å². The number of carbonyl (C=O) groups excluding carboxylic acids is 1. The van der Waals surface area contributed by atoms with Crippen LogP contribution in [0.3, 0.4) is 0 Å². The molecule has 0 radical (unpaired) electrons. The van der Waals surface area contributed by atoms with Crippen molar-refractivity contribution in [1.82, 2.24) is 9.88 Å². The Hall–Kier alpha value is -4.34. The van der Waals surface area contributed by atoms with E-state index in [4.69, 9.17) is 4.74 Å². The van der Waals surface area contributed by atoms with Crippen molar-refractivity contribution in [3.8, 4) is 5.75 Å². The van der Waals surface area contributed by atoms with E-state index in [-0.39, 0.29) is 12.5 Å². The van der Waals surface area contributed by atoms with Crippen LogP contribution in [0.15, 0.2) is 60.7 Å². The van der Waals surface area contributed by atoms with Crippen molar-refractivity contribution in [3.05, 3.63) is 101 Å². The number of aromatic amines is 1. The van der Waals surface area contributed by atoms with Gasteiger partial charge in [-0.2, -0.15) is 8.78 Å². The van der Waals surface area contributed by atoms with E-state index < -0.39 is 59.6 Å². The number of fused-ring (bicyclic) bond motifs is 3. The van der Waals surface area contributed by atoms with Crippen LogP contribution in [-0.2, 0) is 16.0 Å². The summed E-state index contributed by atoms with van der Waals surface area (Å²) in [6.45, 7) is -1.06. The molecule has 1 aliphatic rings. The minimum Gasteiger partial charge on any atom is -0.480 e. The normalized spacial score (nSPS) is 17.2. The highest BCUT2D eigenvalue weighted by Gasteiger charge is 2.43. The van der Waals surface area contributed by atoms with Crippen molar-refractivity contribution < 1.29 is 37.0 Å². The third kappa shape index (κ3) is 3.84. The number of carbonyl (C=O) groups is 2. The average molecular weight is 498 g/mol. The average Bonchev–Trinajstić information content (AvgIpc) is 3.25. The quantitative estimate of drug-likeness (QED) is 0.308. The van der Waals surface area contributed by atoms with E-state index in [0.29, 0.717) is 11.3 Å². The fourth-order valence-corrected chi connectivity index (χ4v) is 4.66. The summed E-state index contributed by atoms with van der Waals surface area (Å²) in [5, 5.41) is 10.8. The number of nitrogens with zero attached hydrogens (tertiary/aromatic N) is 1. The lowest BCUT2D eigenvalue weighted by Gasteiger charge is -2.40. The molecule has 0 spiro atoms. The van der Waals surface area contributed by atoms with Crippen molar-refractivity contribution >= 4 is 22.8 Å². The maximum atomic E-state index is 14.1. The van der Waals surface area contributed by atoms with Gasteiger partial charge < -0.3 is 19.7 Å². The Kier molecular flexibility index (Phi) is 5.87. The van der Waals surface area contributed by atoms with Crippen molar-refractivity contribution in [2.75, 3.05) is 6.61 Å². The highest BCUT2D eigenvalue weighted by atomic mass is 19.2. The van der Waals surface area contributed by atoms with E-state index in [1.165, 1.54) is 0 Å². The number of rotatable bonds is 5. The molecule has 0 bridgehead atoms.